The highest BCUT2D eigenvalue weighted by atomic mass is 19.4. The average molecular weight is 468 g/mol. The zero-order valence-electron chi connectivity index (χ0n) is 18.4. The molecule has 4 aromatic rings. The van der Waals surface area contributed by atoms with Gasteiger partial charge < -0.3 is 15.0 Å². The Bertz CT molecular complexity index is 1330. The number of anilines is 1. The van der Waals surface area contributed by atoms with Crippen LogP contribution in [0, 0.1) is 5.41 Å². The van der Waals surface area contributed by atoms with E-state index in [1.165, 1.54) is 16.8 Å². The van der Waals surface area contributed by atoms with Gasteiger partial charge in [0, 0.05) is 36.0 Å². The van der Waals surface area contributed by atoms with Crippen molar-refractivity contribution in [3.63, 3.8) is 0 Å². The number of halogens is 3. The summed E-state index contributed by atoms with van der Waals surface area (Å²) >= 11 is 0. The molecular weight excluding hydrogens is 445 g/mol. The molecule has 1 saturated carbocycles. The van der Waals surface area contributed by atoms with Crippen molar-refractivity contribution in [2.24, 2.45) is 5.41 Å². The van der Waals surface area contributed by atoms with Crippen molar-refractivity contribution in [2.75, 3.05) is 19.0 Å². The molecule has 2 heterocycles. The number of rotatable bonds is 6. The van der Waals surface area contributed by atoms with E-state index in [-0.39, 0.29) is 5.91 Å². The molecule has 9 heteroatoms. The van der Waals surface area contributed by atoms with E-state index in [0.29, 0.717) is 18.0 Å². The highest BCUT2D eigenvalue weighted by Crippen LogP contribution is 2.42. The van der Waals surface area contributed by atoms with Gasteiger partial charge in [0.25, 0.3) is 0 Å². The molecule has 0 spiro atoms. The van der Waals surface area contributed by atoms with E-state index in [1.54, 1.807) is 25.7 Å². The first-order valence-corrected chi connectivity index (χ1v) is 10.9. The molecule has 0 unspecified atom stereocenters. The van der Waals surface area contributed by atoms with Crippen molar-refractivity contribution in [3.05, 3.63) is 66.6 Å². The third kappa shape index (κ3) is 3.96. The van der Waals surface area contributed by atoms with E-state index < -0.39 is 17.2 Å². The second-order valence-electron chi connectivity index (χ2n) is 8.70. The number of nitrogens with zero attached hydrogens (tertiary/aromatic N) is 2. The summed E-state index contributed by atoms with van der Waals surface area (Å²) in [5.74, 6) is -0.0398. The fourth-order valence-electron chi connectivity index (χ4n) is 4.39. The minimum atomic E-state index is -4.38. The lowest BCUT2D eigenvalue weighted by atomic mass is 9.68. The summed E-state index contributed by atoms with van der Waals surface area (Å²) in [5, 5.41) is 8.23. The number of carbonyl (C=O) groups excluding carboxylic acids is 1. The molecule has 176 valence electrons. The van der Waals surface area contributed by atoms with E-state index in [9.17, 15) is 18.0 Å². The molecule has 0 radical (unpaired) electrons. The lowest BCUT2D eigenvalue weighted by Gasteiger charge is -2.39. The van der Waals surface area contributed by atoms with Crippen LogP contribution in [-0.2, 0) is 15.7 Å². The monoisotopic (exact) mass is 468 g/mol. The molecule has 1 aliphatic rings. The molecule has 6 nitrogen and oxygen atoms in total. The molecule has 2 N–H and O–H groups in total. The Morgan fingerprint density at radius 3 is 2.59 bits per heavy atom. The molecule has 2 aromatic carbocycles. The van der Waals surface area contributed by atoms with Crippen LogP contribution in [-0.4, -0.2) is 34.4 Å². The summed E-state index contributed by atoms with van der Waals surface area (Å²) in [4.78, 5) is 16.1. The summed E-state index contributed by atoms with van der Waals surface area (Å²) in [7, 11) is 1.61. The number of alkyl halides is 3. The minimum Gasteiger partial charge on any atom is -0.384 e. The second kappa shape index (κ2) is 8.32. The van der Waals surface area contributed by atoms with Crippen molar-refractivity contribution < 1.29 is 22.7 Å². The highest BCUT2D eigenvalue weighted by Gasteiger charge is 2.44. The maximum Gasteiger partial charge on any atom is 0.416 e. The van der Waals surface area contributed by atoms with Gasteiger partial charge in [-0.1, -0.05) is 12.5 Å². The Kier molecular flexibility index (Phi) is 5.44. The van der Waals surface area contributed by atoms with Gasteiger partial charge in [-0.05, 0) is 54.8 Å². The smallest absolute Gasteiger partial charge is 0.384 e. The maximum absolute atomic E-state index is 13.0. The van der Waals surface area contributed by atoms with Crippen LogP contribution in [0.15, 0.2) is 61.1 Å². The third-order valence-electron chi connectivity index (χ3n) is 6.52. The SMILES string of the molecule is COCC1(C(=O)Nc2c[nH]c3ccc(-c4cnn(-c5ccc(C(F)(F)F)cc5)c4)cc23)CCC1. The van der Waals surface area contributed by atoms with Crippen molar-refractivity contribution >= 4 is 22.5 Å². The number of ether oxygens (including phenoxy) is 1. The molecule has 5 rings (SSSR count). The van der Waals surface area contributed by atoms with Crippen LogP contribution in [0.2, 0.25) is 0 Å². The maximum atomic E-state index is 13.0. The van der Waals surface area contributed by atoms with Gasteiger partial charge in [-0.3, -0.25) is 4.79 Å². The van der Waals surface area contributed by atoms with Crippen LogP contribution in [0.3, 0.4) is 0 Å². The van der Waals surface area contributed by atoms with Crippen LogP contribution < -0.4 is 5.32 Å². The van der Waals surface area contributed by atoms with Crippen LogP contribution in [0.5, 0.6) is 0 Å². The third-order valence-corrected chi connectivity index (χ3v) is 6.52. The zero-order valence-corrected chi connectivity index (χ0v) is 18.4. The van der Waals surface area contributed by atoms with E-state index in [1.807, 2.05) is 18.2 Å². The van der Waals surface area contributed by atoms with E-state index in [4.69, 9.17) is 4.74 Å². The lowest BCUT2D eigenvalue weighted by Crippen LogP contribution is -2.45. The van der Waals surface area contributed by atoms with Crippen molar-refractivity contribution in [1.29, 1.82) is 0 Å². The molecule has 0 aliphatic heterocycles. The van der Waals surface area contributed by atoms with Crippen LogP contribution in [0.4, 0.5) is 18.9 Å². The van der Waals surface area contributed by atoms with Crippen LogP contribution in [0.1, 0.15) is 24.8 Å². The number of methoxy groups -OCH3 is 1. The van der Waals surface area contributed by atoms with Crippen LogP contribution >= 0.6 is 0 Å². The van der Waals surface area contributed by atoms with E-state index in [2.05, 4.69) is 15.4 Å². The molecule has 1 aliphatic carbocycles. The van der Waals surface area contributed by atoms with E-state index >= 15 is 0 Å². The van der Waals surface area contributed by atoms with Gasteiger partial charge >= 0.3 is 6.18 Å². The molecule has 0 atom stereocenters. The highest BCUT2D eigenvalue weighted by molar-refractivity contribution is 6.05. The summed E-state index contributed by atoms with van der Waals surface area (Å²) in [6, 6.07) is 10.7. The number of nitrogens with one attached hydrogen (secondary N) is 2. The Balaban J connectivity index is 1.40. The van der Waals surface area contributed by atoms with Gasteiger partial charge in [0.05, 0.1) is 35.2 Å². The number of amides is 1. The largest absolute Gasteiger partial charge is 0.416 e. The molecule has 1 fully saturated rings. The predicted molar refractivity (Wildman–Crippen MR) is 123 cm³/mol. The summed E-state index contributed by atoms with van der Waals surface area (Å²) in [6.45, 7) is 0.398. The molecule has 1 amide bonds. The Hall–Kier alpha value is -3.59. The van der Waals surface area contributed by atoms with Gasteiger partial charge in [-0.15, -0.1) is 0 Å². The molecular formula is C25H23F3N4O2. The number of carbonyl (C=O) groups is 1. The second-order valence-corrected chi connectivity index (χ2v) is 8.70. The van der Waals surface area contributed by atoms with Crippen molar-refractivity contribution in [1.82, 2.24) is 14.8 Å². The number of hydrogen-bond acceptors (Lipinski definition) is 3. The zero-order chi connectivity index (χ0) is 23.9. The fourth-order valence-corrected chi connectivity index (χ4v) is 4.39. The molecule has 34 heavy (non-hydrogen) atoms. The fraction of sp³-hybridized carbons (Fsp3) is 0.280. The number of aromatic amines is 1. The Morgan fingerprint density at radius 1 is 1.18 bits per heavy atom. The first-order valence-electron chi connectivity index (χ1n) is 10.9. The summed E-state index contributed by atoms with van der Waals surface area (Å²) < 4.78 is 45.3. The molecule has 2 aromatic heterocycles. The van der Waals surface area contributed by atoms with Gasteiger partial charge in [-0.25, -0.2) is 4.68 Å². The Morgan fingerprint density at radius 2 is 1.94 bits per heavy atom. The van der Waals surface area contributed by atoms with Crippen LogP contribution in [0.25, 0.3) is 27.7 Å². The number of benzene rings is 2. The number of aromatic nitrogens is 3. The number of H-pyrrole nitrogens is 1. The molecule has 0 bridgehead atoms. The Labute approximate surface area is 193 Å². The first kappa shape index (κ1) is 22.2. The average Bonchev–Trinajstić information content (AvgIpc) is 3.43. The van der Waals surface area contributed by atoms with Gasteiger partial charge in [0.15, 0.2) is 0 Å². The predicted octanol–water partition coefficient (Wildman–Crippen LogP) is 5.79. The van der Waals surface area contributed by atoms with E-state index in [0.717, 1.165) is 53.4 Å². The number of hydrogen-bond donors (Lipinski definition) is 2. The van der Waals surface area contributed by atoms with Crippen molar-refractivity contribution in [3.8, 4) is 16.8 Å². The molecule has 0 saturated heterocycles. The standard InChI is InChI=1S/C25H23F3N4O2/c1-34-15-24(9-2-10-24)23(33)31-22-13-29-21-8-3-16(11-20(21)22)17-12-30-32(14-17)19-6-4-18(5-7-19)25(26,27)28/h3-8,11-14,29H,2,9-10,15H2,1H3,(H,31,33). The number of fused-ring (bicyclic) bond motifs is 1. The van der Waals surface area contributed by atoms with Crippen molar-refractivity contribution in [2.45, 2.75) is 25.4 Å². The topological polar surface area (TPSA) is 71.9 Å². The minimum absolute atomic E-state index is 0.0398. The van der Waals surface area contributed by atoms with Gasteiger partial charge in [0.2, 0.25) is 5.91 Å². The quantitative estimate of drug-likeness (QED) is 0.376. The summed E-state index contributed by atoms with van der Waals surface area (Å²) in [5.41, 5.74) is 2.59. The van der Waals surface area contributed by atoms with Gasteiger partial charge in [-0.2, -0.15) is 18.3 Å². The van der Waals surface area contributed by atoms with Gasteiger partial charge in [0.1, 0.15) is 0 Å². The first-order chi connectivity index (χ1) is 16.3. The normalized spacial score (nSPS) is 15.3. The lowest BCUT2D eigenvalue weighted by molar-refractivity contribution is -0.137. The summed E-state index contributed by atoms with van der Waals surface area (Å²) in [6.07, 6.45) is 3.44.